The van der Waals surface area contributed by atoms with Crippen LogP contribution in [-0.2, 0) is 4.79 Å². The molecule has 84 valence electrons. The van der Waals surface area contributed by atoms with Crippen molar-refractivity contribution < 1.29 is 4.79 Å². The normalized spacial score (nSPS) is 15.9. The van der Waals surface area contributed by atoms with Gasteiger partial charge in [0.2, 0.25) is 5.91 Å². The fourth-order valence-electron chi connectivity index (χ4n) is 1.70. The first-order chi connectivity index (χ1) is 7.15. The molecule has 1 N–H and O–H groups in total. The largest absolute Gasteiger partial charge is 0.339 e. The Morgan fingerprint density at radius 1 is 1.60 bits per heavy atom. The summed E-state index contributed by atoms with van der Waals surface area (Å²) < 4.78 is 0. The molecule has 0 aromatic carbocycles. The number of hydrogen-bond acceptors (Lipinski definition) is 3. The highest BCUT2D eigenvalue weighted by atomic mass is 16.2. The van der Waals surface area contributed by atoms with Crippen LogP contribution in [0.4, 0.5) is 0 Å². The van der Waals surface area contributed by atoms with E-state index in [0.29, 0.717) is 25.3 Å². The molecule has 1 fully saturated rings. The van der Waals surface area contributed by atoms with E-state index in [1.54, 1.807) is 0 Å². The summed E-state index contributed by atoms with van der Waals surface area (Å²) in [6.45, 7) is 6.46. The molecule has 1 aliphatic heterocycles. The lowest BCUT2D eigenvalue weighted by Gasteiger charge is -2.31. The van der Waals surface area contributed by atoms with Gasteiger partial charge in [0.1, 0.15) is 0 Å². The fourth-order valence-corrected chi connectivity index (χ4v) is 1.70. The Bertz CT molecular complexity index is 253. The molecular formula is C11H19N3O. The maximum absolute atomic E-state index is 11.9. The number of nitriles is 1. The van der Waals surface area contributed by atoms with Gasteiger partial charge in [-0.15, -0.1) is 0 Å². The lowest BCUT2D eigenvalue weighted by atomic mass is 9.98. The lowest BCUT2D eigenvalue weighted by Crippen LogP contribution is -2.46. The summed E-state index contributed by atoms with van der Waals surface area (Å²) in [4.78, 5) is 13.7. The zero-order chi connectivity index (χ0) is 11.3. The van der Waals surface area contributed by atoms with Gasteiger partial charge >= 0.3 is 0 Å². The van der Waals surface area contributed by atoms with E-state index in [4.69, 9.17) is 5.26 Å². The first-order valence-corrected chi connectivity index (χ1v) is 5.52. The number of hydrogen-bond donors (Lipinski definition) is 1. The van der Waals surface area contributed by atoms with Crippen molar-refractivity contribution in [1.29, 1.82) is 5.26 Å². The van der Waals surface area contributed by atoms with Crippen LogP contribution >= 0.6 is 0 Å². The maximum Gasteiger partial charge on any atom is 0.223 e. The molecule has 0 aromatic heterocycles. The van der Waals surface area contributed by atoms with E-state index in [-0.39, 0.29) is 11.9 Å². The summed E-state index contributed by atoms with van der Waals surface area (Å²) >= 11 is 0. The smallest absolute Gasteiger partial charge is 0.223 e. The highest BCUT2D eigenvalue weighted by molar-refractivity contribution is 5.76. The predicted octanol–water partition coefficient (Wildman–Crippen LogP) is 0.747. The Labute approximate surface area is 91.2 Å². The van der Waals surface area contributed by atoms with Crippen LogP contribution in [0.2, 0.25) is 0 Å². The minimum Gasteiger partial charge on any atom is -0.339 e. The second kappa shape index (κ2) is 5.72. The Morgan fingerprint density at radius 3 is 2.67 bits per heavy atom. The Balaban J connectivity index is 2.39. The van der Waals surface area contributed by atoms with E-state index in [1.165, 1.54) is 0 Å². The van der Waals surface area contributed by atoms with Gasteiger partial charge in [-0.25, -0.2) is 0 Å². The van der Waals surface area contributed by atoms with Crippen LogP contribution in [0.5, 0.6) is 0 Å². The van der Waals surface area contributed by atoms with E-state index in [2.05, 4.69) is 11.4 Å². The third-order valence-corrected chi connectivity index (χ3v) is 2.74. The molecule has 1 heterocycles. The van der Waals surface area contributed by atoms with E-state index in [9.17, 15) is 4.79 Å². The number of nitrogens with zero attached hydrogens (tertiary/aromatic N) is 2. The Kier molecular flexibility index (Phi) is 4.57. The highest BCUT2D eigenvalue weighted by Gasteiger charge is 2.24. The predicted molar refractivity (Wildman–Crippen MR) is 58.1 cm³/mol. The van der Waals surface area contributed by atoms with Gasteiger partial charge in [0.15, 0.2) is 0 Å². The summed E-state index contributed by atoms with van der Waals surface area (Å²) in [5.41, 5.74) is 0. The van der Waals surface area contributed by atoms with Crippen LogP contribution in [0.25, 0.3) is 0 Å². The van der Waals surface area contributed by atoms with Crippen LogP contribution in [0.15, 0.2) is 0 Å². The van der Waals surface area contributed by atoms with Gasteiger partial charge in [-0.3, -0.25) is 4.79 Å². The minimum atomic E-state index is 0.187. The topological polar surface area (TPSA) is 56.1 Å². The lowest BCUT2D eigenvalue weighted by molar-refractivity contribution is -0.134. The molecule has 1 aliphatic rings. The Hall–Kier alpha value is -1.08. The molecule has 0 bridgehead atoms. The first-order valence-electron chi connectivity index (χ1n) is 5.52. The second-order valence-electron chi connectivity index (χ2n) is 4.32. The summed E-state index contributed by atoms with van der Waals surface area (Å²) in [7, 11) is 0. The van der Waals surface area contributed by atoms with Crippen molar-refractivity contribution in [3.8, 4) is 6.07 Å². The summed E-state index contributed by atoms with van der Waals surface area (Å²) in [6, 6.07) is 2.28. The summed E-state index contributed by atoms with van der Waals surface area (Å²) in [5, 5.41) is 11.7. The molecule has 0 saturated carbocycles. The molecule has 1 amide bonds. The molecular weight excluding hydrogens is 190 g/mol. The van der Waals surface area contributed by atoms with Crippen molar-refractivity contribution in [1.82, 2.24) is 10.2 Å². The van der Waals surface area contributed by atoms with Crippen LogP contribution in [0.3, 0.4) is 0 Å². The molecule has 0 radical (unpaired) electrons. The van der Waals surface area contributed by atoms with Crippen molar-refractivity contribution >= 4 is 5.91 Å². The third kappa shape index (κ3) is 3.52. The van der Waals surface area contributed by atoms with E-state index < -0.39 is 0 Å². The molecule has 0 aliphatic carbocycles. The average Bonchev–Trinajstić information content (AvgIpc) is 2.11. The second-order valence-corrected chi connectivity index (χ2v) is 4.32. The van der Waals surface area contributed by atoms with Gasteiger partial charge < -0.3 is 10.2 Å². The van der Waals surface area contributed by atoms with Crippen molar-refractivity contribution in [3.63, 3.8) is 0 Å². The van der Waals surface area contributed by atoms with Crippen molar-refractivity contribution in [2.75, 3.05) is 19.6 Å². The summed E-state index contributed by atoms with van der Waals surface area (Å²) in [6.07, 6.45) is 1.05. The third-order valence-electron chi connectivity index (χ3n) is 2.74. The van der Waals surface area contributed by atoms with Crippen molar-refractivity contribution in [2.24, 2.45) is 5.92 Å². The number of amides is 1. The summed E-state index contributed by atoms with van der Waals surface area (Å²) in [5.74, 6) is 0.688. The monoisotopic (exact) mass is 209 g/mol. The molecule has 0 spiro atoms. The van der Waals surface area contributed by atoms with E-state index in [0.717, 1.165) is 13.1 Å². The maximum atomic E-state index is 11.9. The van der Waals surface area contributed by atoms with Crippen molar-refractivity contribution in [3.05, 3.63) is 0 Å². The molecule has 1 saturated heterocycles. The molecule has 15 heavy (non-hydrogen) atoms. The van der Waals surface area contributed by atoms with Crippen LogP contribution in [0, 0.1) is 17.2 Å². The van der Waals surface area contributed by atoms with Gasteiger partial charge in [-0.05, 0) is 32.9 Å². The molecule has 0 aromatic rings. The molecule has 0 unspecified atom stereocenters. The van der Waals surface area contributed by atoms with Gasteiger partial charge in [0, 0.05) is 19.0 Å². The zero-order valence-electron chi connectivity index (χ0n) is 9.49. The SMILES string of the molecule is CC(C)N(CCC#N)C(=O)CC1CNC1. The fraction of sp³-hybridized carbons (Fsp3) is 0.818. The van der Waals surface area contributed by atoms with Crippen molar-refractivity contribution in [2.45, 2.75) is 32.7 Å². The average molecular weight is 209 g/mol. The molecule has 4 nitrogen and oxygen atoms in total. The zero-order valence-corrected chi connectivity index (χ0v) is 9.49. The van der Waals surface area contributed by atoms with Crippen LogP contribution < -0.4 is 5.32 Å². The van der Waals surface area contributed by atoms with Gasteiger partial charge in [-0.1, -0.05) is 0 Å². The minimum absolute atomic E-state index is 0.187. The van der Waals surface area contributed by atoms with Gasteiger partial charge in [-0.2, -0.15) is 5.26 Å². The number of carbonyl (C=O) groups excluding carboxylic acids is 1. The standard InChI is InChI=1S/C11H19N3O/c1-9(2)14(5-3-4-12)11(15)6-10-7-13-8-10/h9-10,13H,3,5-8H2,1-2H3. The van der Waals surface area contributed by atoms with Crippen LogP contribution in [0.1, 0.15) is 26.7 Å². The van der Waals surface area contributed by atoms with Crippen LogP contribution in [-0.4, -0.2) is 36.5 Å². The number of nitrogens with one attached hydrogen (secondary N) is 1. The van der Waals surface area contributed by atoms with Gasteiger partial charge in [0.25, 0.3) is 0 Å². The first kappa shape index (κ1) is 12.0. The highest BCUT2D eigenvalue weighted by Crippen LogP contribution is 2.12. The quantitative estimate of drug-likeness (QED) is 0.727. The number of carbonyl (C=O) groups is 1. The molecule has 1 rings (SSSR count). The molecule has 4 heteroatoms. The van der Waals surface area contributed by atoms with E-state index in [1.807, 2.05) is 18.7 Å². The number of rotatable bonds is 5. The van der Waals surface area contributed by atoms with Gasteiger partial charge in [0.05, 0.1) is 12.5 Å². The molecule has 0 atom stereocenters. The van der Waals surface area contributed by atoms with E-state index >= 15 is 0 Å². The Morgan fingerprint density at radius 2 is 2.27 bits per heavy atom.